The van der Waals surface area contributed by atoms with Crippen LogP contribution in [-0.4, -0.2) is 55.1 Å². The molecule has 0 spiro atoms. The van der Waals surface area contributed by atoms with E-state index in [1.54, 1.807) is 13.3 Å². The molecule has 0 radical (unpaired) electrons. The van der Waals surface area contributed by atoms with Crippen LogP contribution in [-0.2, 0) is 0 Å². The van der Waals surface area contributed by atoms with Crippen LogP contribution in [0.2, 0.25) is 0 Å². The number of aromatic nitrogens is 1. The molecule has 1 aromatic carbocycles. The lowest BCUT2D eigenvalue weighted by Gasteiger charge is -2.36. The summed E-state index contributed by atoms with van der Waals surface area (Å²) in [5.74, 6) is 1.69. The molecule has 2 aromatic rings. The van der Waals surface area contributed by atoms with E-state index >= 15 is 0 Å². The van der Waals surface area contributed by atoms with Crippen LogP contribution in [0.25, 0.3) is 0 Å². The molecule has 1 aliphatic rings. The molecule has 1 saturated heterocycles. The number of carbonyl (C=O) groups excluding carboxylic acids is 1. The number of carbonyl (C=O) groups is 1. The normalized spacial score (nSPS) is 14.5. The Morgan fingerprint density at radius 3 is 2.31 bits per heavy atom. The fourth-order valence-electron chi connectivity index (χ4n) is 3.04. The minimum Gasteiger partial charge on any atom is -0.497 e. The summed E-state index contributed by atoms with van der Waals surface area (Å²) in [5, 5.41) is 3.23. The number of rotatable bonds is 5. The summed E-state index contributed by atoms with van der Waals surface area (Å²) in [6, 6.07) is 12.1. The molecule has 0 aliphatic carbocycles. The van der Waals surface area contributed by atoms with Crippen LogP contribution in [0.5, 0.6) is 5.75 Å². The van der Waals surface area contributed by atoms with Crippen LogP contribution >= 0.6 is 0 Å². The van der Waals surface area contributed by atoms with Gasteiger partial charge in [-0.3, -0.25) is 4.79 Å². The number of hydrogen-bond donors (Lipinski definition) is 1. The second-order valence-corrected chi connectivity index (χ2v) is 6.71. The van der Waals surface area contributed by atoms with Gasteiger partial charge in [0, 0.05) is 44.1 Å². The first-order chi connectivity index (χ1) is 12.6. The van der Waals surface area contributed by atoms with Crippen molar-refractivity contribution in [2.45, 2.75) is 19.9 Å². The molecule has 0 saturated carbocycles. The molecule has 0 bridgehead atoms. The lowest BCUT2D eigenvalue weighted by Crippen LogP contribution is -2.48. The van der Waals surface area contributed by atoms with E-state index < -0.39 is 0 Å². The maximum absolute atomic E-state index is 12.7. The van der Waals surface area contributed by atoms with Gasteiger partial charge in [0.05, 0.1) is 12.7 Å². The zero-order valence-electron chi connectivity index (χ0n) is 15.6. The first-order valence-corrected chi connectivity index (χ1v) is 8.97. The first kappa shape index (κ1) is 18.0. The number of anilines is 2. The van der Waals surface area contributed by atoms with Crippen LogP contribution in [0, 0.1) is 0 Å². The van der Waals surface area contributed by atoms with Crippen LogP contribution in [0.15, 0.2) is 42.6 Å². The molecule has 26 heavy (non-hydrogen) atoms. The lowest BCUT2D eigenvalue weighted by molar-refractivity contribution is 0.0746. The highest BCUT2D eigenvalue weighted by atomic mass is 16.5. The zero-order chi connectivity index (χ0) is 18.5. The summed E-state index contributed by atoms with van der Waals surface area (Å²) in [5.41, 5.74) is 1.79. The van der Waals surface area contributed by atoms with E-state index in [0.717, 1.165) is 30.3 Å². The Morgan fingerprint density at radius 1 is 1.08 bits per heavy atom. The Labute approximate surface area is 154 Å². The monoisotopic (exact) mass is 354 g/mol. The van der Waals surface area contributed by atoms with Crippen LogP contribution in [0.4, 0.5) is 11.5 Å². The number of benzene rings is 1. The second-order valence-electron chi connectivity index (χ2n) is 6.71. The number of nitrogens with zero attached hydrogens (tertiary/aromatic N) is 3. The van der Waals surface area contributed by atoms with Gasteiger partial charge < -0.3 is 19.9 Å². The standard InChI is InChI=1S/C20H26N4O2/c1-15(2)22-19-9-4-16(14-21-19)20(25)24-12-10-23(11-13-24)17-5-7-18(26-3)8-6-17/h4-9,14-15H,10-13H2,1-3H3,(H,21,22). The van der Waals surface area contributed by atoms with E-state index in [0.29, 0.717) is 24.7 Å². The van der Waals surface area contributed by atoms with Crippen molar-refractivity contribution >= 4 is 17.4 Å². The van der Waals surface area contributed by atoms with Crippen molar-refractivity contribution in [1.82, 2.24) is 9.88 Å². The lowest BCUT2D eigenvalue weighted by atomic mass is 10.2. The van der Waals surface area contributed by atoms with Crippen molar-refractivity contribution < 1.29 is 9.53 Å². The zero-order valence-corrected chi connectivity index (χ0v) is 15.6. The van der Waals surface area contributed by atoms with E-state index in [2.05, 4.69) is 41.2 Å². The van der Waals surface area contributed by atoms with Crippen molar-refractivity contribution in [3.05, 3.63) is 48.2 Å². The van der Waals surface area contributed by atoms with Gasteiger partial charge in [-0.2, -0.15) is 0 Å². The van der Waals surface area contributed by atoms with E-state index in [4.69, 9.17) is 4.74 Å². The molecule has 138 valence electrons. The van der Waals surface area contributed by atoms with Gasteiger partial charge in [-0.1, -0.05) is 0 Å². The number of amides is 1. The molecule has 1 amide bonds. The summed E-state index contributed by atoms with van der Waals surface area (Å²) in [7, 11) is 1.67. The highest BCUT2D eigenvalue weighted by Gasteiger charge is 2.22. The molecule has 1 fully saturated rings. The van der Waals surface area contributed by atoms with Crippen molar-refractivity contribution in [3.8, 4) is 5.75 Å². The van der Waals surface area contributed by atoms with Crippen molar-refractivity contribution in [2.75, 3.05) is 43.5 Å². The maximum Gasteiger partial charge on any atom is 0.255 e. The van der Waals surface area contributed by atoms with Crippen LogP contribution in [0.1, 0.15) is 24.2 Å². The third-order valence-electron chi connectivity index (χ3n) is 4.45. The number of pyridine rings is 1. The van der Waals surface area contributed by atoms with E-state index in [9.17, 15) is 4.79 Å². The van der Waals surface area contributed by atoms with Gasteiger partial charge >= 0.3 is 0 Å². The fraction of sp³-hybridized carbons (Fsp3) is 0.400. The largest absolute Gasteiger partial charge is 0.497 e. The Hall–Kier alpha value is -2.76. The minimum atomic E-state index is 0.0444. The third-order valence-corrected chi connectivity index (χ3v) is 4.45. The summed E-state index contributed by atoms with van der Waals surface area (Å²) in [6.07, 6.45) is 1.66. The Balaban J connectivity index is 1.57. The fourth-order valence-corrected chi connectivity index (χ4v) is 3.04. The minimum absolute atomic E-state index is 0.0444. The van der Waals surface area contributed by atoms with Gasteiger partial charge in [0.2, 0.25) is 0 Å². The number of hydrogen-bond acceptors (Lipinski definition) is 5. The van der Waals surface area contributed by atoms with E-state index in [1.807, 2.05) is 29.2 Å². The number of nitrogens with one attached hydrogen (secondary N) is 1. The number of ether oxygens (including phenoxy) is 1. The average Bonchev–Trinajstić information content (AvgIpc) is 2.68. The topological polar surface area (TPSA) is 57.7 Å². The predicted molar refractivity (Wildman–Crippen MR) is 104 cm³/mol. The van der Waals surface area contributed by atoms with Gasteiger partial charge in [-0.25, -0.2) is 4.98 Å². The first-order valence-electron chi connectivity index (χ1n) is 8.97. The molecule has 2 heterocycles. The molecule has 6 heteroatoms. The smallest absolute Gasteiger partial charge is 0.255 e. The Kier molecular flexibility index (Phi) is 5.61. The Bertz CT molecular complexity index is 720. The van der Waals surface area contributed by atoms with E-state index in [-0.39, 0.29) is 5.91 Å². The predicted octanol–water partition coefficient (Wildman–Crippen LogP) is 2.87. The van der Waals surface area contributed by atoms with Crippen molar-refractivity contribution in [3.63, 3.8) is 0 Å². The molecule has 3 rings (SSSR count). The van der Waals surface area contributed by atoms with Crippen molar-refractivity contribution in [1.29, 1.82) is 0 Å². The molecule has 0 atom stereocenters. The quantitative estimate of drug-likeness (QED) is 0.895. The van der Waals surface area contributed by atoms with Gasteiger partial charge in [0.1, 0.15) is 11.6 Å². The third kappa shape index (κ3) is 4.25. The highest BCUT2D eigenvalue weighted by molar-refractivity contribution is 5.94. The molecule has 6 nitrogen and oxygen atoms in total. The molecular formula is C20H26N4O2. The maximum atomic E-state index is 12.7. The Morgan fingerprint density at radius 2 is 1.77 bits per heavy atom. The molecule has 1 aromatic heterocycles. The number of methoxy groups -OCH3 is 1. The summed E-state index contributed by atoms with van der Waals surface area (Å²) < 4.78 is 5.20. The SMILES string of the molecule is COc1ccc(N2CCN(C(=O)c3ccc(NC(C)C)nc3)CC2)cc1. The van der Waals surface area contributed by atoms with Gasteiger partial charge in [0.25, 0.3) is 5.91 Å². The van der Waals surface area contributed by atoms with Crippen LogP contribution < -0.4 is 15.0 Å². The molecular weight excluding hydrogens is 328 g/mol. The summed E-state index contributed by atoms with van der Waals surface area (Å²) in [6.45, 7) is 7.16. The average molecular weight is 354 g/mol. The summed E-state index contributed by atoms with van der Waals surface area (Å²) >= 11 is 0. The molecule has 1 N–H and O–H groups in total. The number of piperazine rings is 1. The van der Waals surface area contributed by atoms with Gasteiger partial charge in [-0.05, 0) is 50.2 Å². The molecule has 1 aliphatic heterocycles. The highest BCUT2D eigenvalue weighted by Crippen LogP contribution is 2.21. The van der Waals surface area contributed by atoms with E-state index in [1.165, 1.54) is 0 Å². The summed E-state index contributed by atoms with van der Waals surface area (Å²) in [4.78, 5) is 21.2. The second kappa shape index (κ2) is 8.08. The van der Waals surface area contributed by atoms with Crippen molar-refractivity contribution in [2.24, 2.45) is 0 Å². The van der Waals surface area contributed by atoms with Gasteiger partial charge in [-0.15, -0.1) is 0 Å². The van der Waals surface area contributed by atoms with Crippen LogP contribution in [0.3, 0.4) is 0 Å². The van der Waals surface area contributed by atoms with Gasteiger partial charge in [0.15, 0.2) is 0 Å². The molecule has 0 unspecified atom stereocenters.